The van der Waals surface area contributed by atoms with Crippen LogP contribution in [0.15, 0.2) is 21.7 Å². The molecule has 0 aromatic carbocycles. The number of nitrogens with one attached hydrogen (secondary N) is 1. The molecule has 0 bridgehead atoms. The van der Waals surface area contributed by atoms with Crippen LogP contribution in [0.4, 0.5) is 0 Å². The molecule has 3 aliphatic rings. The van der Waals surface area contributed by atoms with Gasteiger partial charge in [-0.3, -0.25) is 4.79 Å². The lowest BCUT2D eigenvalue weighted by Crippen LogP contribution is -2.63. The number of fused-ring (bicyclic) bond motifs is 2. The van der Waals surface area contributed by atoms with Gasteiger partial charge in [-0.15, -0.1) is 0 Å². The summed E-state index contributed by atoms with van der Waals surface area (Å²) in [6.45, 7) is 0.758. The maximum atomic E-state index is 12.5. The van der Waals surface area contributed by atoms with Gasteiger partial charge >= 0.3 is 0 Å². The number of aromatic nitrogens is 1. The minimum Gasteiger partial charge on any atom is -0.370 e. The first-order valence-corrected chi connectivity index (χ1v) is 6.73. The molecule has 0 aliphatic carbocycles. The fourth-order valence-electron chi connectivity index (χ4n) is 3.34. The first-order valence-electron chi connectivity index (χ1n) is 5.94. The van der Waals surface area contributed by atoms with Gasteiger partial charge in [-0.05, 0) is 40.9 Å². The summed E-state index contributed by atoms with van der Waals surface area (Å²) in [5.41, 5.74) is 6.05. The molecule has 3 aliphatic heterocycles. The van der Waals surface area contributed by atoms with E-state index in [1.54, 1.807) is 0 Å². The molecule has 3 N–H and O–H groups in total. The van der Waals surface area contributed by atoms with Crippen LogP contribution >= 0.6 is 15.9 Å². The molecule has 7 heteroatoms. The molecule has 2 atom stereocenters. The zero-order valence-corrected chi connectivity index (χ0v) is 11.1. The van der Waals surface area contributed by atoms with Crippen molar-refractivity contribution in [2.24, 2.45) is 10.7 Å². The van der Waals surface area contributed by atoms with Crippen molar-refractivity contribution in [3.63, 3.8) is 0 Å². The molecular weight excluding hydrogens is 298 g/mol. The fraction of sp³-hybridized carbons (Fsp3) is 0.455. The molecule has 1 aromatic rings. The Labute approximate surface area is 112 Å². The number of halogens is 1. The van der Waals surface area contributed by atoms with Crippen molar-refractivity contribution in [3.8, 4) is 0 Å². The smallest absolute Gasteiger partial charge is 0.272 e. The van der Waals surface area contributed by atoms with Crippen LogP contribution in [0.25, 0.3) is 0 Å². The zero-order valence-electron chi connectivity index (χ0n) is 9.56. The summed E-state index contributed by atoms with van der Waals surface area (Å²) in [4.78, 5) is 18.9. The van der Waals surface area contributed by atoms with Crippen LogP contribution in [0.1, 0.15) is 29.5 Å². The van der Waals surface area contributed by atoms with Gasteiger partial charge in [0.2, 0.25) is 0 Å². The van der Waals surface area contributed by atoms with Crippen molar-refractivity contribution in [1.82, 2.24) is 14.8 Å². The van der Waals surface area contributed by atoms with Gasteiger partial charge in [0.1, 0.15) is 5.69 Å². The quantitative estimate of drug-likeness (QED) is 0.737. The summed E-state index contributed by atoms with van der Waals surface area (Å²) < 4.78 is 2.79. The second-order valence-electron chi connectivity index (χ2n) is 4.91. The van der Waals surface area contributed by atoms with Crippen molar-refractivity contribution in [2.45, 2.75) is 24.7 Å². The van der Waals surface area contributed by atoms with Crippen molar-refractivity contribution < 1.29 is 4.79 Å². The molecule has 0 saturated carbocycles. The number of nitrogens with zero attached hydrogens (tertiary/aromatic N) is 3. The van der Waals surface area contributed by atoms with E-state index in [-0.39, 0.29) is 12.1 Å². The molecule has 6 nitrogen and oxygen atoms in total. The summed E-state index contributed by atoms with van der Waals surface area (Å²) >= 11 is 3.48. The number of rotatable bonds is 0. The Morgan fingerprint density at radius 1 is 1.56 bits per heavy atom. The second-order valence-corrected chi connectivity index (χ2v) is 5.72. The maximum absolute atomic E-state index is 12.5. The van der Waals surface area contributed by atoms with Crippen LogP contribution in [-0.2, 0) is 0 Å². The molecule has 4 heterocycles. The summed E-state index contributed by atoms with van der Waals surface area (Å²) in [5, 5.41) is 3.21. The number of carbonyl (C=O) groups is 1. The Kier molecular flexibility index (Phi) is 1.79. The molecule has 1 fully saturated rings. The number of aliphatic imine (C=N–C) groups is 1. The number of nitrogens with two attached hydrogens (primary N) is 1. The number of carbonyl (C=O) groups excluding carboxylic acids is 1. The predicted octanol–water partition coefficient (Wildman–Crippen LogP) is 0.613. The summed E-state index contributed by atoms with van der Waals surface area (Å²) in [5.74, 6) is 0.458. The van der Waals surface area contributed by atoms with Gasteiger partial charge in [0.25, 0.3) is 5.91 Å². The van der Waals surface area contributed by atoms with Crippen LogP contribution in [0.3, 0.4) is 0 Å². The van der Waals surface area contributed by atoms with E-state index in [1.807, 2.05) is 21.6 Å². The van der Waals surface area contributed by atoms with Crippen molar-refractivity contribution in [2.75, 3.05) is 6.54 Å². The minimum atomic E-state index is -0.463. The Balaban J connectivity index is 1.99. The highest BCUT2D eigenvalue weighted by Crippen LogP contribution is 2.46. The van der Waals surface area contributed by atoms with Crippen LogP contribution in [0.5, 0.6) is 0 Å². The second kappa shape index (κ2) is 3.09. The molecule has 4 rings (SSSR count). The molecule has 1 spiro atoms. The van der Waals surface area contributed by atoms with Gasteiger partial charge in [0.05, 0.1) is 4.60 Å². The Bertz CT molecular complexity index is 594. The normalized spacial score (nSPS) is 32.7. The first-order chi connectivity index (χ1) is 8.63. The SMILES string of the molecule is NC1=N[C@H]2n3c(Br)ccc3C(=O)N3CCC[C@]23N1. The van der Waals surface area contributed by atoms with Gasteiger partial charge in [-0.25, -0.2) is 4.99 Å². The minimum absolute atomic E-state index is 0.0480. The van der Waals surface area contributed by atoms with Gasteiger partial charge in [-0.2, -0.15) is 0 Å². The van der Waals surface area contributed by atoms with E-state index in [2.05, 4.69) is 26.2 Å². The van der Waals surface area contributed by atoms with E-state index in [0.717, 1.165) is 24.0 Å². The summed E-state index contributed by atoms with van der Waals surface area (Å²) in [6, 6.07) is 3.71. The lowest BCUT2D eigenvalue weighted by Gasteiger charge is -2.43. The Morgan fingerprint density at radius 3 is 3.22 bits per heavy atom. The standard InChI is InChI=1S/C11H12BrN5O/c12-7-3-2-6-8(18)16-5-1-4-11(16)9(17(6)7)14-10(13)15-11/h2-3,9H,1,4-5H2,(H3,13,14,15)/t9-,11+/m0/s1. The van der Waals surface area contributed by atoms with E-state index < -0.39 is 5.66 Å². The highest BCUT2D eigenvalue weighted by molar-refractivity contribution is 9.10. The van der Waals surface area contributed by atoms with E-state index in [9.17, 15) is 4.79 Å². The molecular formula is C11H12BrN5O. The molecule has 1 amide bonds. The van der Waals surface area contributed by atoms with Crippen LogP contribution in [-0.4, -0.2) is 33.5 Å². The first kappa shape index (κ1) is 10.4. The Morgan fingerprint density at radius 2 is 2.39 bits per heavy atom. The fourth-order valence-corrected chi connectivity index (χ4v) is 3.85. The third-order valence-corrected chi connectivity index (χ3v) is 4.68. The predicted molar refractivity (Wildman–Crippen MR) is 68.9 cm³/mol. The molecule has 0 radical (unpaired) electrons. The topological polar surface area (TPSA) is 75.6 Å². The van der Waals surface area contributed by atoms with Crippen molar-refractivity contribution in [1.29, 1.82) is 0 Å². The number of hydrogen-bond donors (Lipinski definition) is 2. The van der Waals surface area contributed by atoms with E-state index >= 15 is 0 Å². The van der Waals surface area contributed by atoms with E-state index in [0.29, 0.717) is 11.7 Å². The largest absolute Gasteiger partial charge is 0.370 e. The lowest BCUT2D eigenvalue weighted by atomic mass is 10.0. The molecule has 94 valence electrons. The third-order valence-electron chi connectivity index (χ3n) is 4.03. The Hall–Kier alpha value is -1.50. The van der Waals surface area contributed by atoms with Crippen LogP contribution in [0, 0.1) is 0 Å². The lowest BCUT2D eigenvalue weighted by molar-refractivity contribution is 0.0323. The average molecular weight is 310 g/mol. The van der Waals surface area contributed by atoms with Crippen molar-refractivity contribution in [3.05, 3.63) is 22.4 Å². The van der Waals surface area contributed by atoms with Crippen LogP contribution < -0.4 is 11.1 Å². The monoisotopic (exact) mass is 309 g/mol. The summed E-state index contributed by atoms with van der Waals surface area (Å²) in [6.07, 6.45) is 1.68. The highest BCUT2D eigenvalue weighted by atomic mass is 79.9. The van der Waals surface area contributed by atoms with Gasteiger partial charge in [-0.1, -0.05) is 0 Å². The van der Waals surface area contributed by atoms with Crippen molar-refractivity contribution >= 4 is 27.8 Å². The highest BCUT2D eigenvalue weighted by Gasteiger charge is 2.58. The van der Waals surface area contributed by atoms with Crippen LogP contribution in [0.2, 0.25) is 0 Å². The van der Waals surface area contributed by atoms with Gasteiger partial charge < -0.3 is 20.5 Å². The average Bonchev–Trinajstić information content (AvgIpc) is 2.97. The maximum Gasteiger partial charge on any atom is 0.272 e. The number of guanidine groups is 1. The molecule has 0 unspecified atom stereocenters. The van der Waals surface area contributed by atoms with E-state index in [4.69, 9.17) is 5.73 Å². The number of hydrogen-bond acceptors (Lipinski definition) is 4. The zero-order chi connectivity index (χ0) is 12.5. The molecule has 1 saturated heterocycles. The molecule has 1 aromatic heterocycles. The van der Waals surface area contributed by atoms with E-state index in [1.165, 1.54) is 0 Å². The molecule has 18 heavy (non-hydrogen) atoms. The third kappa shape index (κ3) is 0.996. The van der Waals surface area contributed by atoms with Gasteiger partial charge in [0.15, 0.2) is 17.8 Å². The summed E-state index contributed by atoms with van der Waals surface area (Å²) in [7, 11) is 0. The number of amides is 1. The van der Waals surface area contributed by atoms with Gasteiger partial charge in [0, 0.05) is 6.54 Å².